The van der Waals surface area contributed by atoms with Crippen LogP contribution in [0.15, 0.2) is 9.72 Å². The molecule has 1 heterocycles. The normalized spacial score (nSPS) is 12.8. The molecule has 5 heteroatoms. The number of hydrogen-bond donors (Lipinski definition) is 2. The highest BCUT2D eigenvalue weighted by Crippen LogP contribution is 2.27. The standard InChI is InChI=1S/C8H13N3S2/c1-5-4-12-8(11-5)13-6(2)3-7(9)10/h4,6H,3H2,1-2H3,(H3,9,10). The zero-order valence-electron chi connectivity index (χ0n) is 7.70. The molecule has 1 unspecified atom stereocenters. The second-order valence-corrected chi connectivity index (χ2v) is 5.46. The summed E-state index contributed by atoms with van der Waals surface area (Å²) < 4.78 is 1.06. The van der Waals surface area contributed by atoms with Crippen molar-refractivity contribution in [1.82, 2.24) is 4.98 Å². The maximum absolute atomic E-state index is 7.14. The van der Waals surface area contributed by atoms with E-state index in [1.54, 1.807) is 23.1 Å². The molecule has 1 aromatic heterocycles. The van der Waals surface area contributed by atoms with E-state index >= 15 is 0 Å². The van der Waals surface area contributed by atoms with E-state index in [1.165, 1.54) is 0 Å². The lowest BCUT2D eigenvalue weighted by atomic mass is 10.3. The molecule has 0 aromatic carbocycles. The molecule has 0 saturated heterocycles. The van der Waals surface area contributed by atoms with Gasteiger partial charge in [0, 0.05) is 22.7 Å². The Bertz CT molecular complexity index is 295. The summed E-state index contributed by atoms with van der Waals surface area (Å²) in [5.41, 5.74) is 6.36. The van der Waals surface area contributed by atoms with Gasteiger partial charge >= 0.3 is 0 Å². The first-order chi connectivity index (χ1) is 6.08. The lowest BCUT2D eigenvalue weighted by Crippen LogP contribution is -2.14. The Hall–Kier alpha value is -0.550. The Kier molecular flexibility index (Phi) is 3.74. The Balaban J connectivity index is 2.44. The van der Waals surface area contributed by atoms with Crippen LogP contribution in [0.3, 0.4) is 0 Å². The molecule has 3 nitrogen and oxygen atoms in total. The number of rotatable bonds is 4. The van der Waals surface area contributed by atoms with Crippen molar-refractivity contribution in [2.45, 2.75) is 29.9 Å². The van der Waals surface area contributed by atoms with Crippen LogP contribution in [0.4, 0.5) is 0 Å². The van der Waals surface area contributed by atoms with E-state index in [2.05, 4.69) is 11.9 Å². The van der Waals surface area contributed by atoms with Gasteiger partial charge in [0.2, 0.25) is 0 Å². The first-order valence-electron chi connectivity index (χ1n) is 3.99. The van der Waals surface area contributed by atoms with Gasteiger partial charge < -0.3 is 5.73 Å². The molecule has 72 valence electrons. The van der Waals surface area contributed by atoms with Gasteiger partial charge in [-0.15, -0.1) is 11.3 Å². The number of amidine groups is 1. The molecule has 0 aliphatic heterocycles. The molecule has 1 rings (SSSR count). The van der Waals surface area contributed by atoms with Crippen LogP contribution in [0.5, 0.6) is 0 Å². The third-order valence-electron chi connectivity index (χ3n) is 1.41. The lowest BCUT2D eigenvalue weighted by Gasteiger charge is -2.06. The molecule has 0 aliphatic carbocycles. The van der Waals surface area contributed by atoms with Crippen molar-refractivity contribution in [2.24, 2.45) is 5.73 Å². The number of aromatic nitrogens is 1. The zero-order chi connectivity index (χ0) is 9.84. The Morgan fingerprint density at radius 2 is 2.54 bits per heavy atom. The van der Waals surface area contributed by atoms with Crippen molar-refractivity contribution < 1.29 is 0 Å². The number of hydrogen-bond acceptors (Lipinski definition) is 4. The Labute approximate surface area is 86.3 Å². The van der Waals surface area contributed by atoms with Gasteiger partial charge in [0.25, 0.3) is 0 Å². The molecule has 0 bridgehead atoms. The summed E-state index contributed by atoms with van der Waals surface area (Å²) in [7, 11) is 0. The predicted octanol–water partition coefficient (Wildman–Crippen LogP) is 2.26. The highest BCUT2D eigenvalue weighted by Gasteiger charge is 2.08. The van der Waals surface area contributed by atoms with Gasteiger partial charge in [0.1, 0.15) is 4.34 Å². The van der Waals surface area contributed by atoms with Gasteiger partial charge in [-0.25, -0.2) is 4.98 Å². The van der Waals surface area contributed by atoms with Crippen molar-refractivity contribution in [3.8, 4) is 0 Å². The number of thioether (sulfide) groups is 1. The highest BCUT2D eigenvalue weighted by atomic mass is 32.2. The van der Waals surface area contributed by atoms with E-state index in [0.717, 1.165) is 10.0 Å². The maximum Gasteiger partial charge on any atom is 0.150 e. The van der Waals surface area contributed by atoms with Crippen molar-refractivity contribution in [3.63, 3.8) is 0 Å². The van der Waals surface area contributed by atoms with Crippen LogP contribution >= 0.6 is 23.1 Å². The summed E-state index contributed by atoms with van der Waals surface area (Å²) in [5.74, 6) is 0.244. The molecular weight excluding hydrogens is 202 g/mol. The number of nitrogens with two attached hydrogens (primary N) is 1. The molecule has 0 radical (unpaired) electrons. The Morgan fingerprint density at radius 1 is 1.85 bits per heavy atom. The minimum Gasteiger partial charge on any atom is -0.388 e. The monoisotopic (exact) mass is 215 g/mol. The topological polar surface area (TPSA) is 62.8 Å². The molecule has 0 spiro atoms. The fraction of sp³-hybridized carbons (Fsp3) is 0.500. The van der Waals surface area contributed by atoms with Crippen molar-refractivity contribution in [1.29, 1.82) is 5.41 Å². The van der Waals surface area contributed by atoms with Crippen LogP contribution in [-0.2, 0) is 0 Å². The van der Waals surface area contributed by atoms with Gasteiger partial charge in [0.15, 0.2) is 0 Å². The Morgan fingerprint density at radius 3 is 3.00 bits per heavy atom. The molecule has 0 aliphatic rings. The van der Waals surface area contributed by atoms with E-state index in [4.69, 9.17) is 11.1 Å². The first kappa shape index (κ1) is 10.5. The quantitative estimate of drug-likeness (QED) is 0.460. The van der Waals surface area contributed by atoms with Gasteiger partial charge in [-0.05, 0) is 6.92 Å². The lowest BCUT2D eigenvalue weighted by molar-refractivity contribution is 0.992. The minimum absolute atomic E-state index is 0.244. The van der Waals surface area contributed by atoms with Crippen molar-refractivity contribution >= 4 is 28.9 Å². The third kappa shape index (κ3) is 3.78. The van der Waals surface area contributed by atoms with Crippen LogP contribution in [0, 0.1) is 12.3 Å². The van der Waals surface area contributed by atoms with Crippen LogP contribution in [0.25, 0.3) is 0 Å². The summed E-state index contributed by atoms with van der Waals surface area (Å²) in [6.07, 6.45) is 0.628. The molecular formula is C8H13N3S2. The SMILES string of the molecule is Cc1csc(SC(C)CC(=N)N)n1. The van der Waals surface area contributed by atoms with Gasteiger partial charge in [-0.2, -0.15) is 0 Å². The number of nitrogens with zero attached hydrogens (tertiary/aromatic N) is 1. The highest BCUT2D eigenvalue weighted by molar-refractivity contribution is 8.01. The second-order valence-electron chi connectivity index (χ2n) is 2.91. The molecule has 3 N–H and O–H groups in total. The van der Waals surface area contributed by atoms with E-state index < -0.39 is 0 Å². The molecule has 0 amide bonds. The van der Waals surface area contributed by atoms with E-state index in [9.17, 15) is 0 Å². The summed E-state index contributed by atoms with van der Waals surface area (Å²) in [6.45, 7) is 4.04. The summed E-state index contributed by atoms with van der Waals surface area (Å²) in [5, 5.41) is 9.51. The van der Waals surface area contributed by atoms with Gasteiger partial charge in [-0.3, -0.25) is 5.41 Å². The van der Waals surface area contributed by atoms with E-state index in [0.29, 0.717) is 11.7 Å². The fourth-order valence-electron chi connectivity index (χ4n) is 0.910. The number of aryl methyl sites for hydroxylation is 1. The molecule has 1 atom stereocenters. The summed E-state index contributed by atoms with van der Waals surface area (Å²) in [6, 6.07) is 0. The molecule has 13 heavy (non-hydrogen) atoms. The number of nitrogens with one attached hydrogen (secondary N) is 1. The van der Waals surface area contributed by atoms with Crippen LogP contribution in [0.1, 0.15) is 19.0 Å². The average molecular weight is 215 g/mol. The summed E-state index contributed by atoms with van der Waals surface area (Å²) >= 11 is 3.32. The van der Waals surface area contributed by atoms with Crippen molar-refractivity contribution in [3.05, 3.63) is 11.1 Å². The van der Waals surface area contributed by atoms with Crippen LogP contribution in [-0.4, -0.2) is 16.1 Å². The van der Waals surface area contributed by atoms with Crippen LogP contribution in [0.2, 0.25) is 0 Å². The van der Waals surface area contributed by atoms with Gasteiger partial charge in [-0.1, -0.05) is 18.7 Å². The zero-order valence-corrected chi connectivity index (χ0v) is 9.34. The van der Waals surface area contributed by atoms with Crippen molar-refractivity contribution in [2.75, 3.05) is 0 Å². The number of thiazole rings is 1. The molecule has 0 saturated carbocycles. The van der Waals surface area contributed by atoms with E-state index in [-0.39, 0.29) is 5.84 Å². The molecule has 1 aromatic rings. The fourth-order valence-corrected chi connectivity index (χ4v) is 3.09. The van der Waals surface area contributed by atoms with Gasteiger partial charge in [0.05, 0.1) is 5.84 Å². The minimum atomic E-state index is 0.244. The predicted molar refractivity (Wildman–Crippen MR) is 58.7 cm³/mol. The molecule has 0 fully saturated rings. The van der Waals surface area contributed by atoms with E-state index in [1.807, 2.05) is 12.3 Å². The smallest absolute Gasteiger partial charge is 0.150 e. The largest absolute Gasteiger partial charge is 0.388 e. The van der Waals surface area contributed by atoms with Crippen LogP contribution < -0.4 is 5.73 Å². The summed E-state index contributed by atoms with van der Waals surface area (Å²) in [4.78, 5) is 4.33. The second kappa shape index (κ2) is 4.62. The first-order valence-corrected chi connectivity index (χ1v) is 5.75. The maximum atomic E-state index is 7.14. The average Bonchev–Trinajstić information content (AvgIpc) is 2.33. The third-order valence-corrected chi connectivity index (χ3v) is 3.60.